The van der Waals surface area contributed by atoms with E-state index in [0.29, 0.717) is 11.8 Å². The molecule has 0 fully saturated rings. The molecule has 58 heavy (non-hydrogen) atoms. The van der Waals surface area contributed by atoms with E-state index >= 15 is 0 Å². The van der Waals surface area contributed by atoms with Gasteiger partial charge in [-0.15, -0.1) is 0 Å². The fraction of sp³-hybridized carbons (Fsp3) is 0.218. The third-order valence-electron chi connectivity index (χ3n) is 11.9. The molecule has 3 nitrogen and oxygen atoms in total. The highest BCUT2D eigenvalue weighted by Crippen LogP contribution is 2.45. The zero-order valence-corrected chi connectivity index (χ0v) is 35.0. The van der Waals surface area contributed by atoms with E-state index in [-0.39, 0.29) is 11.8 Å². The highest BCUT2D eigenvalue weighted by atomic mass is 16.3. The number of fused-ring (bicyclic) bond motifs is 4. The normalized spacial score (nSPS) is 12.1. The smallest absolute Gasteiger partial charge is 0.149 e. The molecule has 0 aliphatic heterocycles. The molecule has 3 heteroatoms. The topological polar surface area (TPSA) is 31.0 Å². The minimum atomic E-state index is 0.248. The Morgan fingerprint density at radius 1 is 0.448 bits per heavy atom. The number of hydrogen-bond acceptors (Lipinski definition) is 2. The summed E-state index contributed by atoms with van der Waals surface area (Å²) in [4.78, 5) is 5.43. The molecule has 0 aliphatic carbocycles. The van der Waals surface area contributed by atoms with Gasteiger partial charge in [0, 0.05) is 10.8 Å². The molecule has 0 saturated heterocycles. The van der Waals surface area contributed by atoms with E-state index in [9.17, 15) is 0 Å². The van der Waals surface area contributed by atoms with Gasteiger partial charge in [0.2, 0.25) is 0 Å². The van der Waals surface area contributed by atoms with Gasteiger partial charge in [-0.3, -0.25) is 4.57 Å². The maximum Gasteiger partial charge on any atom is 0.149 e. The molecule has 0 bridgehead atoms. The van der Waals surface area contributed by atoms with Crippen molar-refractivity contribution in [2.45, 2.75) is 79.1 Å². The maximum absolute atomic E-state index is 6.87. The Morgan fingerprint density at radius 2 is 1.00 bits per heavy atom. The zero-order valence-electron chi connectivity index (χ0n) is 35.0. The Hall–Kier alpha value is -6.19. The van der Waals surface area contributed by atoms with Crippen molar-refractivity contribution >= 4 is 33.0 Å². The Labute approximate surface area is 343 Å². The summed E-state index contributed by atoms with van der Waals surface area (Å²) in [6, 6.07) is 52.9. The molecule has 2 aromatic heterocycles. The molecule has 288 valence electrons. The molecule has 7 aromatic carbocycles. The first-order chi connectivity index (χ1) is 28.1. The monoisotopic (exact) mass is 756 g/mol. The molecule has 0 saturated carbocycles. The number of furan rings is 1. The second-order valence-corrected chi connectivity index (χ2v) is 17.1. The van der Waals surface area contributed by atoms with Crippen molar-refractivity contribution in [1.82, 2.24) is 9.55 Å². The molecule has 0 aliphatic rings. The van der Waals surface area contributed by atoms with Crippen molar-refractivity contribution in [2.75, 3.05) is 0 Å². The van der Waals surface area contributed by atoms with Gasteiger partial charge in [-0.2, -0.15) is 0 Å². The summed E-state index contributed by atoms with van der Waals surface area (Å²) >= 11 is 0. The number of nitrogens with zero attached hydrogens (tertiary/aromatic N) is 2. The van der Waals surface area contributed by atoms with Crippen LogP contribution in [0.5, 0.6) is 0 Å². The van der Waals surface area contributed by atoms with Gasteiger partial charge in [-0.1, -0.05) is 159 Å². The summed E-state index contributed by atoms with van der Waals surface area (Å²) < 4.78 is 9.30. The predicted octanol–water partition coefficient (Wildman–Crippen LogP) is 16.1. The van der Waals surface area contributed by atoms with Crippen LogP contribution in [0.25, 0.3) is 83.4 Å². The van der Waals surface area contributed by atoms with Gasteiger partial charge in [0.1, 0.15) is 17.0 Å². The molecular formula is C55H52N2O. The van der Waals surface area contributed by atoms with Crippen LogP contribution >= 0.6 is 0 Å². The Balaban J connectivity index is 1.29. The average molecular weight is 757 g/mol. The number of rotatable bonds is 9. The van der Waals surface area contributed by atoms with Gasteiger partial charge < -0.3 is 4.42 Å². The van der Waals surface area contributed by atoms with Crippen LogP contribution in [0.2, 0.25) is 0 Å². The second-order valence-electron chi connectivity index (χ2n) is 17.1. The quantitative estimate of drug-likeness (QED) is 0.147. The van der Waals surface area contributed by atoms with E-state index in [1.807, 2.05) is 0 Å². The van der Waals surface area contributed by atoms with Crippen molar-refractivity contribution in [1.29, 1.82) is 0 Å². The highest BCUT2D eigenvalue weighted by Gasteiger charge is 2.26. The Kier molecular flexibility index (Phi) is 9.64. The fourth-order valence-electron chi connectivity index (χ4n) is 8.91. The number of benzene rings is 7. The molecule has 0 atom stereocenters. The summed E-state index contributed by atoms with van der Waals surface area (Å²) in [5.41, 5.74) is 18.9. The van der Waals surface area contributed by atoms with E-state index in [2.05, 4.69) is 206 Å². The molecule has 0 unspecified atom stereocenters. The first-order valence-electron chi connectivity index (χ1n) is 21.0. The first kappa shape index (κ1) is 37.4. The number of hydrogen-bond donors (Lipinski definition) is 0. The number of imidazole rings is 1. The SMILES string of the molecule is CC(C)c1cc(-c2cc(C(C)C)c(-n3c(-c4cccc5c4oc4cc(-c6ccccc6)ccc45)nc4ccccc43)c(C(C)C)c2)cc(C(C)C)c1-c1ccccc1. The summed E-state index contributed by atoms with van der Waals surface area (Å²) in [5, 5.41) is 2.20. The van der Waals surface area contributed by atoms with E-state index in [1.165, 1.54) is 55.8 Å². The summed E-state index contributed by atoms with van der Waals surface area (Å²) in [6.07, 6.45) is 0. The maximum atomic E-state index is 6.87. The second kappa shape index (κ2) is 15.0. The predicted molar refractivity (Wildman–Crippen MR) is 246 cm³/mol. The summed E-state index contributed by atoms with van der Waals surface area (Å²) in [7, 11) is 0. The van der Waals surface area contributed by atoms with Gasteiger partial charge in [0.15, 0.2) is 0 Å². The third-order valence-corrected chi connectivity index (χ3v) is 11.9. The third kappa shape index (κ3) is 6.43. The number of aromatic nitrogens is 2. The molecule has 0 amide bonds. The summed E-state index contributed by atoms with van der Waals surface area (Å²) in [6.45, 7) is 18.6. The molecule has 9 rings (SSSR count). The van der Waals surface area contributed by atoms with Gasteiger partial charge in [-0.05, 0) is 122 Å². The van der Waals surface area contributed by atoms with E-state index in [4.69, 9.17) is 9.40 Å². The van der Waals surface area contributed by atoms with Crippen LogP contribution < -0.4 is 0 Å². The number of para-hydroxylation sites is 3. The fourth-order valence-corrected chi connectivity index (χ4v) is 8.91. The molecule has 2 heterocycles. The van der Waals surface area contributed by atoms with Crippen LogP contribution in [-0.2, 0) is 0 Å². The van der Waals surface area contributed by atoms with Crippen LogP contribution in [0, 0.1) is 0 Å². The molecule has 9 aromatic rings. The van der Waals surface area contributed by atoms with Crippen LogP contribution in [0.15, 0.2) is 150 Å². The van der Waals surface area contributed by atoms with Crippen LogP contribution in [-0.4, -0.2) is 9.55 Å². The lowest BCUT2D eigenvalue weighted by Crippen LogP contribution is -2.10. The van der Waals surface area contributed by atoms with E-state index < -0.39 is 0 Å². The van der Waals surface area contributed by atoms with Gasteiger partial charge in [0.25, 0.3) is 0 Å². The molecule has 0 N–H and O–H groups in total. The lowest BCUT2D eigenvalue weighted by Gasteiger charge is -2.26. The lowest BCUT2D eigenvalue weighted by molar-refractivity contribution is 0.669. The standard InChI is InChI=1S/C55H52N2O/c1-33(2)45-28-40(29-46(34(3)4)52(45)38-20-13-10-14-21-38)41-30-47(35(5)6)53(48(31-41)36(7)8)57-50-25-16-15-24-49(50)56-55(57)44-23-17-22-43-42-27-26-39(32-51(42)58-54(43)44)37-18-11-9-12-19-37/h9-36H,1-8H3. The van der Waals surface area contributed by atoms with Crippen LogP contribution in [0.4, 0.5) is 0 Å². The molecule has 0 spiro atoms. The highest BCUT2D eigenvalue weighted by molar-refractivity contribution is 6.10. The van der Waals surface area contributed by atoms with Gasteiger partial charge >= 0.3 is 0 Å². The van der Waals surface area contributed by atoms with E-state index in [1.54, 1.807) is 0 Å². The largest absolute Gasteiger partial charge is 0.455 e. The van der Waals surface area contributed by atoms with Crippen molar-refractivity contribution < 1.29 is 4.42 Å². The van der Waals surface area contributed by atoms with E-state index in [0.717, 1.165) is 49.9 Å². The minimum absolute atomic E-state index is 0.248. The van der Waals surface area contributed by atoms with Crippen LogP contribution in [0.1, 0.15) is 101 Å². The Bertz CT molecular complexity index is 2880. The average Bonchev–Trinajstić information content (AvgIpc) is 3.81. The molecular weight excluding hydrogens is 705 g/mol. The zero-order chi connectivity index (χ0) is 40.2. The first-order valence-corrected chi connectivity index (χ1v) is 21.0. The molecule has 0 radical (unpaired) electrons. The van der Waals surface area contributed by atoms with Gasteiger partial charge in [0.05, 0.1) is 22.3 Å². The van der Waals surface area contributed by atoms with Crippen molar-refractivity contribution in [3.05, 3.63) is 168 Å². The van der Waals surface area contributed by atoms with Crippen molar-refractivity contribution in [3.63, 3.8) is 0 Å². The lowest BCUT2D eigenvalue weighted by atomic mass is 9.81. The Morgan fingerprint density at radius 3 is 1.60 bits per heavy atom. The van der Waals surface area contributed by atoms with Crippen molar-refractivity contribution in [3.8, 4) is 50.5 Å². The van der Waals surface area contributed by atoms with Crippen molar-refractivity contribution in [2.24, 2.45) is 0 Å². The van der Waals surface area contributed by atoms with Crippen LogP contribution in [0.3, 0.4) is 0 Å². The summed E-state index contributed by atoms with van der Waals surface area (Å²) in [5.74, 6) is 2.12. The van der Waals surface area contributed by atoms with Gasteiger partial charge in [-0.25, -0.2) is 4.98 Å². The minimum Gasteiger partial charge on any atom is -0.455 e.